The molecule has 7 fully saturated rings. The van der Waals surface area contributed by atoms with Crippen LogP contribution in [0.3, 0.4) is 0 Å². The van der Waals surface area contributed by atoms with Gasteiger partial charge in [0.25, 0.3) is 0 Å². The van der Waals surface area contributed by atoms with E-state index in [0.717, 1.165) is 32.1 Å². The maximum Gasteiger partial charge on any atom is 0.333 e. The zero-order chi connectivity index (χ0) is 40.7. The first-order valence-corrected chi connectivity index (χ1v) is 20.7. The highest BCUT2D eigenvalue weighted by atomic mass is 16.7. The van der Waals surface area contributed by atoms with E-state index in [9.17, 15) is 24.6 Å². The molecular formula is C42H64O14. The van der Waals surface area contributed by atoms with Gasteiger partial charge >= 0.3 is 11.9 Å². The quantitative estimate of drug-likeness (QED) is 0.141. The highest BCUT2D eigenvalue weighted by molar-refractivity contribution is 5.88. The molecule has 14 heteroatoms. The second-order valence-electron chi connectivity index (χ2n) is 18.2. The van der Waals surface area contributed by atoms with Crippen molar-refractivity contribution in [3.63, 3.8) is 0 Å². The smallest absolute Gasteiger partial charge is 0.333 e. The fraction of sp³-hybridized carbons (Fsp3) is 0.881. The lowest BCUT2D eigenvalue weighted by molar-refractivity contribution is -0.343. The van der Waals surface area contributed by atoms with E-state index in [4.69, 9.17) is 42.6 Å². The predicted molar refractivity (Wildman–Crippen MR) is 198 cm³/mol. The highest BCUT2D eigenvalue weighted by Crippen LogP contribution is 2.81. The molecule has 0 unspecified atom stereocenters. The molecule has 0 aromatic carbocycles. The Hall–Kier alpha value is -2.01. The number of aliphatic hydroxyl groups is 2. The molecule has 4 aliphatic carbocycles. The number of ether oxygens (including phenoxy) is 9. The monoisotopic (exact) mass is 792 g/mol. The standard InChI is InChI=1S/C42H64O14/c1-11-20(2)37(47)54-34-35-39(7)15-13-26(53-29-19-28(48-9)32(23(5)50-29)55-38-31(46)33(49-10)30(45)22(4)51-38)18-25(39)12-16-41(35)42(56-41)17-14-27(21(3)43)40(42,8)36(34)52-24(6)44/h11,22-23,25-36,38,45-46H,12-19H2,1-10H3/b20-11-/t22-,23-,25+,26+,27-,28-,29+,30-,31-,32-,33-,34+,35-,36-,38+,39+,40+,41+,42-/m1/s1. The molecule has 2 spiro atoms. The lowest BCUT2D eigenvalue weighted by Crippen LogP contribution is -2.70. The summed E-state index contributed by atoms with van der Waals surface area (Å²) in [6, 6.07) is 0. The van der Waals surface area contributed by atoms with Gasteiger partial charge in [0, 0.05) is 50.4 Å². The fourth-order valence-electron chi connectivity index (χ4n) is 12.6. The number of hydrogen-bond acceptors (Lipinski definition) is 14. The second kappa shape index (κ2) is 15.2. The minimum absolute atomic E-state index is 0.0276. The zero-order valence-electron chi connectivity index (χ0n) is 34.7. The van der Waals surface area contributed by atoms with Crippen molar-refractivity contribution < 1.29 is 67.2 Å². The fourth-order valence-corrected chi connectivity index (χ4v) is 12.6. The van der Waals surface area contributed by atoms with Crippen molar-refractivity contribution in [1.29, 1.82) is 0 Å². The van der Waals surface area contributed by atoms with Crippen molar-refractivity contribution >= 4 is 17.7 Å². The van der Waals surface area contributed by atoms with Crippen molar-refractivity contribution in [2.45, 2.75) is 192 Å². The molecule has 3 saturated heterocycles. The molecule has 316 valence electrons. The number of carbonyl (C=O) groups excluding carboxylic acids is 3. The average molecular weight is 793 g/mol. The van der Waals surface area contributed by atoms with E-state index in [-0.39, 0.29) is 29.1 Å². The molecule has 3 aliphatic heterocycles. The molecule has 2 N–H and O–H groups in total. The first-order valence-electron chi connectivity index (χ1n) is 20.7. The van der Waals surface area contributed by atoms with Crippen molar-refractivity contribution in [3.05, 3.63) is 11.6 Å². The van der Waals surface area contributed by atoms with Gasteiger partial charge in [0.2, 0.25) is 0 Å². The SMILES string of the molecule is C/C=C(/C)C(=O)O[C@@H]1[C@@H](OC(C)=O)[C@]2(C)[C@@H](C(C)=O)CC[C@@]23O[C@]32CC[C@H]3C[C@@H](O[C@H]4C[C@@H](OC)[C@H](O[C@@H]5O[C@H](C)[C@@H](O)[C@@H](OC)[C@H]5O)[C@@H](C)O4)CC[C@]3(C)[C@@H]12. The number of allylic oxidation sites excluding steroid dienone is 1. The average Bonchev–Trinajstić information content (AvgIpc) is 3.70. The summed E-state index contributed by atoms with van der Waals surface area (Å²) >= 11 is 0. The summed E-state index contributed by atoms with van der Waals surface area (Å²) < 4.78 is 56.4. The van der Waals surface area contributed by atoms with Crippen LogP contribution in [-0.4, -0.2) is 127 Å². The van der Waals surface area contributed by atoms with Crippen molar-refractivity contribution in [2.75, 3.05) is 14.2 Å². The molecule has 56 heavy (non-hydrogen) atoms. The van der Waals surface area contributed by atoms with Crippen LogP contribution in [0.2, 0.25) is 0 Å². The summed E-state index contributed by atoms with van der Waals surface area (Å²) in [5, 5.41) is 21.3. The maximum absolute atomic E-state index is 13.7. The Balaban J connectivity index is 1.10. The number of fused-ring (bicyclic) bond motifs is 2. The third-order valence-corrected chi connectivity index (χ3v) is 15.6. The molecule has 0 aromatic rings. The van der Waals surface area contributed by atoms with Gasteiger partial charge in [-0.2, -0.15) is 0 Å². The van der Waals surface area contributed by atoms with Crippen molar-refractivity contribution in [3.8, 4) is 0 Å². The molecule has 0 amide bonds. The molecule has 0 aromatic heterocycles. The first-order chi connectivity index (χ1) is 26.4. The summed E-state index contributed by atoms with van der Waals surface area (Å²) in [4.78, 5) is 39.8. The number of Topliss-reactive ketones (excluding diaryl/α,β-unsaturated/α-hetero) is 1. The highest BCUT2D eigenvalue weighted by Gasteiger charge is 2.91. The number of methoxy groups -OCH3 is 2. The Bertz CT molecular complexity index is 1550. The van der Waals surface area contributed by atoms with E-state index in [2.05, 4.69) is 6.92 Å². The number of esters is 2. The molecule has 4 saturated carbocycles. The number of rotatable bonds is 10. The van der Waals surface area contributed by atoms with Crippen LogP contribution in [0.5, 0.6) is 0 Å². The van der Waals surface area contributed by atoms with Crippen molar-refractivity contribution in [1.82, 2.24) is 0 Å². The molecule has 0 radical (unpaired) electrons. The lowest BCUT2D eigenvalue weighted by Gasteiger charge is -2.61. The Labute approximate surface area is 330 Å². The largest absolute Gasteiger partial charge is 0.458 e. The second-order valence-corrected chi connectivity index (χ2v) is 18.2. The Morgan fingerprint density at radius 1 is 0.804 bits per heavy atom. The van der Waals surface area contributed by atoms with Crippen LogP contribution in [-0.2, 0) is 57.0 Å². The maximum atomic E-state index is 13.7. The van der Waals surface area contributed by atoms with Crippen LogP contribution < -0.4 is 0 Å². The van der Waals surface area contributed by atoms with Gasteiger partial charge in [-0.15, -0.1) is 0 Å². The predicted octanol–water partition coefficient (Wildman–Crippen LogP) is 3.94. The number of hydrogen-bond donors (Lipinski definition) is 2. The van der Waals surface area contributed by atoms with Crippen LogP contribution in [0, 0.1) is 28.6 Å². The van der Waals surface area contributed by atoms with Gasteiger partial charge < -0.3 is 52.8 Å². The Morgan fingerprint density at radius 3 is 2.18 bits per heavy atom. The van der Waals surface area contributed by atoms with Gasteiger partial charge in [0.05, 0.1) is 24.4 Å². The summed E-state index contributed by atoms with van der Waals surface area (Å²) in [5.74, 6) is -1.41. The van der Waals surface area contributed by atoms with E-state index in [1.54, 1.807) is 40.9 Å². The Kier molecular flexibility index (Phi) is 11.5. The van der Waals surface area contributed by atoms with Crippen LogP contribution in [0.1, 0.15) is 107 Å². The van der Waals surface area contributed by atoms with E-state index in [1.165, 1.54) is 14.0 Å². The molecule has 7 aliphatic rings. The minimum Gasteiger partial charge on any atom is -0.458 e. The topological polar surface area (TPSA) is 178 Å². The van der Waals surface area contributed by atoms with Crippen LogP contribution in [0.25, 0.3) is 0 Å². The van der Waals surface area contributed by atoms with E-state index in [1.807, 2.05) is 13.8 Å². The summed E-state index contributed by atoms with van der Waals surface area (Å²) in [7, 11) is 3.04. The summed E-state index contributed by atoms with van der Waals surface area (Å²) in [6.07, 6.45) is -1.32. The van der Waals surface area contributed by atoms with Crippen LogP contribution >= 0.6 is 0 Å². The van der Waals surface area contributed by atoms with Gasteiger partial charge in [0.15, 0.2) is 12.6 Å². The Morgan fingerprint density at radius 2 is 1.54 bits per heavy atom. The third-order valence-electron chi connectivity index (χ3n) is 15.6. The molecule has 14 nitrogen and oxygen atoms in total. The molecular weight excluding hydrogens is 728 g/mol. The number of aliphatic hydroxyl groups excluding tert-OH is 2. The normalized spacial score (nSPS) is 51.1. The summed E-state index contributed by atoms with van der Waals surface area (Å²) in [6.45, 7) is 14.4. The van der Waals surface area contributed by atoms with Gasteiger partial charge in [-0.05, 0) is 90.9 Å². The number of carbonyl (C=O) groups is 3. The molecule has 0 bridgehead atoms. The van der Waals surface area contributed by atoms with Gasteiger partial charge in [-0.3, -0.25) is 9.59 Å². The minimum atomic E-state index is -1.21. The van der Waals surface area contributed by atoms with Crippen LogP contribution in [0.4, 0.5) is 0 Å². The summed E-state index contributed by atoms with van der Waals surface area (Å²) in [5.41, 5.74) is -2.04. The first kappa shape index (κ1) is 42.1. The molecule has 3 heterocycles. The lowest BCUT2D eigenvalue weighted by atomic mass is 9.43. The molecule has 19 atom stereocenters. The third kappa shape index (κ3) is 6.34. The van der Waals surface area contributed by atoms with E-state index in [0.29, 0.717) is 24.8 Å². The van der Waals surface area contributed by atoms with Gasteiger partial charge in [0.1, 0.15) is 53.6 Å². The van der Waals surface area contributed by atoms with E-state index < -0.39 is 102 Å². The number of ketones is 1. The van der Waals surface area contributed by atoms with Crippen molar-refractivity contribution in [2.24, 2.45) is 28.6 Å². The van der Waals surface area contributed by atoms with E-state index >= 15 is 0 Å². The van der Waals surface area contributed by atoms with Crippen LogP contribution in [0.15, 0.2) is 11.6 Å². The van der Waals surface area contributed by atoms with Gasteiger partial charge in [-0.1, -0.05) is 19.9 Å². The zero-order valence-corrected chi connectivity index (χ0v) is 34.7. The van der Waals surface area contributed by atoms with Gasteiger partial charge in [-0.25, -0.2) is 4.79 Å². The molecule has 7 rings (SSSR count). The number of epoxide rings is 1.